The SMILES string of the molecule is COc1cccc2[c]c3ccccc3nc12. The van der Waals surface area contributed by atoms with Crippen LogP contribution in [-0.2, 0) is 0 Å². The Morgan fingerprint density at radius 1 is 1.00 bits per heavy atom. The van der Waals surface area contributed by atoms with Crippen molar-refractivity contribution in [3.63, 3.8) is 0 Å². The topological polar surface area (TPSA) is 22.1 Å². The van der Waals surface area contributed by atoms with E-state index in [0.717, 1.165) is 27.6 Å². The minimum absolute atomic E-state index is 0.791. The molecule has 0 aliphatic heterocycles. The first kappa shape index (κ1) is 9.16. The van der Waals surface area contributed by atoms with Crippen molar-refractivity contribution < 1.29 is 4.74 Å². The second-order valence-electron chi connectivity index (χ2n) is 3.61. The number of fused-ring (bicyclic) bond motifs is 2. The van der Waals surface area contributed by atoms with Gasteiger partial charge in [-0.05, 0) is 12.1 Å². The number of hydrogen-bond acceptors (Lipinski definition) is 2. The second-order valence-corrected chi connectivity index (χ2v) is 3.61. The summed E-state index contributed by atoms with van der Waals surface area (Å²) in [4.78, 5) is 4.59. The molecule has 0 saturated heterocycles. The Hall–Kier alpha value is -2.09. The van der Waals surface area contributed by atoms with Gasteiger partial charge < -0.3 is 4.74 Å². The maximum absolute atomic E-state index is 5.29. The average Bonchev–Trinajstić information content (AvgIpc) is 2.35. The molecule has 0 unspecified atom stereocenters. The molecule has 1 heterocycles. The van der Waals surface area contributed by atoms with Crippen molar-refractivity contribution >= 4 is 21.8 Å². The molecule has 1 aromatic heterocycles. The van der Waals surface area contributed by atoms with E-state index in [1.54, 1.807) is 7.11 Å². The molecule has 2 aromatic carbocycles. The van der Waals surface area contributed by atoms with Crippen LogP contribution in [0.25, 0.3) is 21.8 Å². The third kappa shape index (κ3) is 1.31. The largest absolute Gasteiger partial charge is 0.494 e. The van der Waals surface area contributed by atoms with Gasteiger partial charge >= 0.3 is 0 Å². The Bertz CT molecular complexity index is 661. The summed E-state index contributed by atoms with van der Waals surface area (Å²) < 4.78 is 5.29. The van der Waals surface area contributed by atoms with E-state index in [4.69, 9.17) is 4.74 Å². The zero-order valence-corrected chi connectivity index (χ0v) is 8.90. The molecule has 0 amide bonds. The van der Waals surface area contributed by atoms with Crippen molar-refractivity contribution in [2.45, 2.75) is 0 Å². The lowest BCUT2D eigenvalue weighted by molar-refractivity contribution is 0.419. The molecule has 0 fully saturated rings. The van der Waals surface area contributed by atoms with Crippen LogP contribution < -0.4 is 4.74 Å². The van der Waals surface area contributed by atoms with Crippen molar-refractivity contribution in [2.24, 2.45) is 0 Å². The van der Waals surface area contributed by atoms with Gasteiger partial charge in [0.1, 0.15) is 11.3 Å². The van der Waals surface area contributed by atoms with Crippen molar-refractivity contribution in [3.05, 3.63) is 48.5 Å². The van der Waals surface area contributed by atoms with E-state index in [9.17, 15) is 0 Å². The Kier molecular flexibility index (Phi) is 2.00. The fourth-order valence-corrected chi connectivity index (χ4v) is 1.85. The number of nitrogens with zero attached hydrogens (tertiary/aromatic N) is 1. The van der Waals surface area contributed by atoms with Crippen LogP contribution in [0.2, 0.25) is 0 Å². The number of ether oxygens (including phenoxy) is 1. The van der Waals surface area contributed by atoms with E-state index in [-0.39, 0.29) is 0 Å². The second kappa shape index (κ2) is 3.49. The molecule has 3 rings (SSSR count). The summed E-state index contributed by atoms with van der Waals surface area (Å²) in [5, 5.41) is 2.02. The lowest BCUT2D eigenvalue weighted by Crippen LogP contribution is -1.88. The predicted molar refractivity (Wildman–Crippen MR) is 64.6 cm³/mol. The Morgan fingerprint density at radius 3 is 2.69 bits per heavy atom. The molecule has 0 bridgehead atoms. The monoisotopic (exact) mass is 208 g/mol. The van der Waals surface area contributed by atoms with E-state index in [1.807, 2.05) is 42.5 Å². The predicted octanol–water partition coefficient (Wildman–Crippen LogP) is 3.20. The third-order valence-electron chi connectivity index (χ3n) is 2.62. The summed E-state index contributed by atoms with van der Waals surface area (Å²) in [6.07, 6.45) is 0. The van der Waals surface area contributed by atoms with Crippen LogP contribution >= 0.6 is 0 Å². The highest BCUT2D eigenvalue weighted by Gasteiger charge is 2.04. The molecule has 1 radical (unpaired) electrons. The van der Waals surface area contributed by atoms with Gasteiger partial charge in [-0.1, -0.05) is 30.3 Å². The van der Waals surface area contributed by atoms with Gasteiger partial charge in [0.2, 0.25) is 0 Å². The van der Waals surface area contributed by atoms with Crippen molar-refractivity contribution in [1.29, 1.82) is 0 Å². The minimum atomic E-state index is 0.791. The molecule has 0 aliphatic rings. The summed E-state index contributed by atoms with van der Waals surface area (Å²) >= 11 is 0. The van der Waals surface area contributed by atoms with Crippen LogP contribution in [0.1, 0.15) is 0 Å². The van der Waals surface area contributed by atoms with Crippen LogP contribution in [0.4, 0.5) is 0 Å². The number of hydrogen-bond donors (Lipinski definition) is 0. The van der Waals surface area contributed by atoms with Crippen LogP contribution in [0.15, 0.2) is 42.5 Å². The molecule has 0 aliphatic carbocycles. The van der Waals surface area contributed by atoms with Crippen LogP contribution in [0.5, 0.6) is 5.75 Å². The van der Waals surface area contributed by atoms with Gasteiger partial charge in [0, 0.05) is 16.8 Å². The Labute approximate surface area is 93.5 Å². The lowest BCUT2D eigenvalue weighted by Gasteiger charge is -2.05. The van der Waals surface area contributed by atoms with Crippen molar-refractivity contribution in [2.75, 3.05) is 7.11 Å². The Morgan fingerprint density at radius 2 is 1.81 bits per heavy atom. The number of benzene rings is 2. The van der Waals surface area contributed by atoms with E-state index in [0.29, 0.717) is 0 Å². The maximum Gasteiger partial charge on any atom is 0.145 e. The van der Waals surface area contributed by atoms with Crippen molar-refractivity contribution in [1.82, 2.24) is 4.98 Å². The van der Waals surface area contributed by atoms with Gasteiger partial charge in [-0.3, -0.25) is 0 Å². The van der Waals surface area contributed by atoms with Gasteiger partial charge in [0.05, 0.1) is 12.6 Å². The summed E-state index contributed by atoms with van der Waals surface area (Å²) in [5.74, 6) is 0.791. The first-order valence-corrected chi connectivity index (χ1v) is 5.13. The lowest BCUT2D eigenvalue weighted by atomic mass is 10.1. The molecule has 2 heteroatoms. The standard InChI is InChI=1S/C14H10NO/c1-16-13-8-4-6-11-9-10-5-2-3-7-12(10)15-14(11)13/h2-8H,1H3. The maximum atomic E-state index is 5.29. The van der Waals surface area contributed by atoms with Gasteiger partial charge in [-0.15, -0.1) is 0 Å². The van der Waals surface area contributed by atoms with Crippen molar-refractivity contribution in [3.8, 4) is 5.75 Å². The molecular formula is C14H10NO. The molecule has 16 heavy (non-hydrogen) atoms. The first-order valence-electron chi connectivity index (χ1n) is 5.13. The quantitative estimate of drug-likeness (QED) is 0.573. The first-order chi connectivity index (χ1) is 7.88. The number of pyridine rings is 1. The molecular weight excluding hydrogens is 198 g/mol. The van der Waals surface area contributed by atoms with Gasteiger partial charge in [0.15, 0.2) is 0 Å². The van der Waals surface area contributed by atoms with E-state index in [2.05, 4.69) is 11.1 Å². The fourth-order valence-electron chi connectivity index (χ4n) is 1.85. The number of rotatable bonds is 1. The summed E-state index contributed by atoms with van der Waals surface area (Å²) in [5.41, 5.74) is 1.81. The van der Waals surface area contributed by atoms with Crippen LogP contribution in [0.3, 0.4) is 0 Å². The molecule has 0 N–H and O–H groups in total. The van der Waals surface area contributed by atoms with Gasteiger partial charge in [-0.2, -0.15) is 0 Å². The third-order valence-corrected chi connectivity index (χ3v) is 2.62. The minimum Gasteiger partial charge on any atom is -0.494 e. The molecule has 0 saturated carbocycles. The number of aromatic nitrogens is 1. The highest BCUT2D eigenvalue weighted by molar-refractivity contribution is 5.94. The highest BCUT2D eigenvalue weighted by Crippen LogP contribution is 2.25. The number of para-hydroxylation sites is 2. The fraction of sp³-hybridized carbons (Fsp3) is 0.0714. The Balaban J connectivity index is 2.46. The smallest absolute Gasteiger partial charge is 0.145 e. The number of methoxy groups -OCH3 is 1. The van der Waals surface area contributed by atoms with E-state index >= 15 is 0 Å². The van der Waals surface area contributed by atoms with Crippen LogP contribution in [0, 0.1) is 6.07 Å². The van der Waals surface area contributed by atoms with E-state index < -0.39 is 0 Å². The molecule has 2 nitrogen and oxygen atoms in total. The average molecular weight is 208 g/mol. The summed E-state index contributed by atoms with van der Waals surface area (Å²) in [6.45, 7) is 0. The normalized spacial score (nSPS) is 10.8. The molecule has 0 atom stereocenters. The zero-order valence-electron chi connectivity index (χ0n) is 8.90. The van der Waals surface area contributed by atoms with E-state index in [1.165, 1.54) is 0 Å². The zero-order chi connectivity index (χ0) is 11.0. The molecule has 77 valence electrons. The van der Waals surface area contributed by atoms with Crippen LogP contribution in [-0.4, -0.2) is 12.1 Å². The molecule has 3 aromatic rings. The van der Waals surface area contributed by atoms with Gasteiger partial charge in [-0.25, -0.2) is 4.98 Å². The molecule has 0 spiro atoms. The highest BCUT2D eigenvalue weighted by atomic mass is 16.5. The summed E-state index contributed by atoms with van der Waals surface area (Å²) in [7, 11) is 1.66. The van der Waals surface area contributed by atoms with Gasteiger partial charge in [0.25, 0.3) is 0 Å². The summed E-state index contributed by atoms with van der Waals surface area (Å²) in [6, 6.07) is 17.2.